The van der Waals surface area contributed by atoms with Crippen LogP contribution in [0, 0.1) is 0 Å². The molecule has 1 heteroatoms. The zero-order valence-electron chi connectivity index (χ0n) is 10.5. The van der Waals surface area contributed by atoms with E-state index in [0.717, 1.165) is 12.0 Å². The van der Waals surface area contributed by atoms with E-state index in [1.54, 1.807) is 0 Å². The first-order chi connectivity index (χ1) is 7.81. The zero-order chi connectivity index (χ0) is 11.4. The molecule has 0 aromatic heterocycles. The van der Waals surface area contributed by atoms with Crippen LogP contribution in [0.15, 0.2) is 30.3 Å². The van der Waals surface area contributed by atoms with Gasteiger partial charge < -0.3 is 4.90 Å². The Bertz CT molecular complexity index is 306. The minimum absolute atomic E-state index is 0.749. The summed E-state index contributed by atoms with van der Waals surface area (Å²) in [6, 6.07) is 11.8. The Kier molecular flexibility index (Phi) is 4.00. The Balaban J connectivity index is 1.97. The average molecular weight is 217 g/mol. The molecule has 0 amide bonds. The van der Waals surface area contributed by atoms with E-state index in [1.165, 1.54) is 37.9 Å². The normalized spacial score (nSPS) is 26.9. The maximum absolute atomic E-state index is 2.64. The number of nitrogens with zero attached hydrogens (tertiary/aromatic N) is 1. The molecule has 1 aliphatic rings. The molecule has 16 heavy (non-hydrogen) atoms. The van der Waals surface area contributed by atoms with Crippen molar-refractivity contribution in [3.63, 3.8) is 0 Å². The third-order valence-corrected chi connectivity index (χ3v) is 3.80. The summed E-state index contributed by atoms with van der Waals surface area (Å²) < 4.78 is 0. The number of hydrogen-bond acceptors (Lipinski definition) is 1. The highest BCUT2D eigenvalue weighted by Gasteiger charge is 2.25. The van der Waals surface area contributed by atoms with Gasteiger partial charge in [-0.25, -0.2) is 0 Å². The van der Waals surface area contributed by atoms with E-state index in [1.807, 2.05) is 0 Å². The molecule has 1 saturated heterocycles. The summed E-state index contributed by atoms with van der Waals surface area (Å²) in [4.78, 5) is 2.64. The Labute approximate surface area is 99.5 Å². The quantitative estimate of drug-likeness (QED) is 0.747. The van der Waals surface area contributed by atoms with E-state index in [-0.39, 0.29) is 0 Å². The number of benzene rings is 1. The van der Waals surface area contributed by atoms with Gasteiger partial charge in [-0.2, -0.15) is 0 Å². The van der Waals surface area contributed by atoms with E-state index in [4.69, 9.17) is 0 Å². The topological polar surface area (TPSA) is 3.24 Å². The summed E-state index contributed by atoms with van der Waals surface area (Å²) in [5.74, 6) is 0.782. The standard InChI is InChI=1S/C15H23N/c1-3-10-16-11-9-15(12-13(16)2)14-7-5-4-6-8-14/h4-8,13,15H,3,9-12H2,1-2H3/t13-,15+/m0/s1. The molecule has 1 nitrogen and oxygen atoms in total. The molecule has 0 saturated carbocycles. The molecule has 2 atom stereocenters. The minimum Gasteiger partial charge on any atom is -0.301 e. The van der Waals surface area contributed by atoms with Gasteiger partial charge in [-0.05, 0) is 50.8 Å². The molecule has 0 unspecified atom stereocenters. The molecule has 1 aromatic rings. The lowest BCUT2D eigenvalue weighted by atomic mass is 9.86. The molecule has 1 heterocycles. The monoisotopic (exact) mass is 217 g/mol. The second-order valence-corrected chi connectivity index (χ2v) is 5.02. The SMILES string of the molecule is CCCN1CC[C@@H](c2ccccc2)C[C@@H]1C. The lowest BCUT2D eigenvalue weighted by molar-refractivity contribution is 0.147. The Morgan fingerprint density at radius 3 is 2.62 bits per heavy atom. The van der Waals surface area contributed by atoms with Gasteiger partial charge in [0.15, 0.2) is 0 Å². The van der Waals surface area contributed by atoms with Crippen LogP contribution in [0.5, 0.6) is 0 Å². The van der Waals surface area contributed by atoms with Gasteiger partial charge in [0.2, 0.25) is 0 Å². The van der Waals surface area contributed by atoms with Gasteiger partial charge in [0, 0.05) is 6.04 Å². The summed E-state index contributed by atoms with van der Waals surface area (Å²) in [6.45, 7) is 7.19. The number of piperidine rings is 1. The van der Waals surface area contributed by atoms with E-state index < -0.39 is 0 Å². The zero-order valence-corrected chi connectivity index (χ0v) is 10.5. The van der Waals surface area contributed by atoms with E-state index >= 15 is 0 Å². The van der Waals surface area contributed by atoms with Crippen LogP contribution in [-0.2, 0) is 0 Å². The van der Waals surface area contributed by atoms with Crippen molar-refractivity contribution >= 4 is 0 Å². The summed E-state index contributed by atoms with van der Waals surface area (Å²) in [6.07, 6.45) is 3.93. The highest BCUT2D eigenvalue weighted by atomic mass is 15.2. The fourth-order valence-electron chi connectivity index (χ4n) is 2.87. The second-order valence-electron chi connectivity index (χ2n) is 5.02. The maximum Gasteiger partial charge on any atom is 0.00727 e. The van der Waals surface area contributed by atoms with Crippen LogP contribution in [0.2, 0.25) is 0 Å². The van der Waals surface area contributed by atoms with Crippen molar-refractivity contribution in [1.29, 1.82) is 0 Å². The first-order valence-corrected chi connectivity index (χ1v) is 6.60. The predicted molar refractivity (Wildman–Crippen MR) is 69.7 cm³/mol. The first kappa shape index (κ1) is 11.7. The Morgan fingerprint density at radius 1 is 1.25 bits per heavy atom. The first-order valence-electron chi connectivity index (χ1n) is 6.60. The van der Waals surface area contributed by atoms with E-state index in [0.29, 0.717) is 0 Å². The molecule has 0 spiro atoms. The van der Waals surface area contributed by atoms with Crippen molar-refractivity contribution in [2.75, 3.05) is 13.1 Å². The van der Waals surface area contributed by atoms with Gasteiger partial charge in [0.25, 0.3) is 0 Å². The van der Waals surface area contributed by atoms with Crippen molar-refractivity contribution < 1.29 is 0 Å². The lowest BCUT2D eigenvalue weighted by Crippen LogP contribution is -2.40. The fourth-order valence-corrected chi connectivity index (χ4v) is 2.87. The van der Waals surface area contributed by atoms with Gasteiger partial charge in [-0.15, -0.1) is 0 Å². The number of likely N-dealkylation sites (tertiary alicyclic amines) is 1. The van der Waals surface area contributed by atoms with Gasteiger partial charge >= 0.3 is 0 Å². The highest BCUT2D eigenvalue weighted by Crippen LogP contribution is 2.31. The average Bonchev–Trinajstić information content (AvgIpc) is 2.33. The molecular formula is C15H23N. The molecule has 88 valence electrons. The number of hydrogen-bond donors (Lipinski definition) is 0. The van der Waals surface area contributed by atoms with Crippen molar-refractivity contribution in [3.05, 3.63) is 35.9 Å². The van der Waals surface area contributed by atoms with Crippen molar-refractivity contribution in [2.45, 2.75) is 45.1 Å². The third-order valence-electron chi connectivity index (χ3n) is 3.80. The van der Waals surface area contributed by atoms with Crippen LogP contribution in [0.4, 0.5) is 0 Å². The molecule has 0 bridgehead atoms. The number of rotatable bonds is 3. The van der Waals surface area contributed by atoms with E-state index in [2.05, 4.69) is 49.1 Å². The van der Waals surface area contributed by atoms with Crippen molar-refractivity contribution in [1.82, 2.24) is 4.90 Å². The summed E-state index contributed by atoms with van der Waals surface area (Å²) in [5.41, 5.74) is 1.53. The molecule has 0 aliphatic carbocycles. The maximum atomic E-state index is 2.64. The van der Waals surface area contributed by atoms with E-state index in [9.17, 15) is 0 Å². The van der Waals surface area contributed by atoms with Gasteiger partial charge in [-0.1, -0.05) is 37.3 Å². The second kappa shape index (κ2) is 5.49. The molecule has 0 N–H and O–H groups in total. The van der Waals surface area contributed by atoms with Crippen molar-refractivity contribution in [2.24, 2.45) is 0 Å². The van der Waals surface area contributed by atoms with Crippen LogP contribution < -0.4 is 0 Å². The summed E-state index contributed by atoms with van der Waals surface area (Å²) in [7, 11) is 0. The smallest absolute Gasteiger partial charge is 0.00727 e. The van der Waals surface area contributed by atoms with Crippen LogP contribution in [0.1, 0.15) is 44.6 Å². The molecule has 1 aliphatic heterocycles. The molecule has 1 aromatic carbocycles. The minimum atomic E-state index is 0.749. The van der Waals surface area contributed by atoms with Crippen molar-refractivity contribution in [3.8, 4) is 0 Å². The molecular weight excluding hydrogens is 194 g/mol. The largest absolute Gasteiger partial charge is 0.301 e. The van der Waals surface area contributed by atoms with Crippen LogP contribution in [-0.4, -0.2) is 24.0 Å². The van der Waals surface area contributed by atoms with Crippen LogP contribution in [0.25, 0.3) is 0 Å². The Hall–Kier alpha value is -0.820. The van der Waals surface area contributed by atoms with Crippen LogP contribution in [0.3, 0.4) is 0 Å². The fraction of sp³-hybridized carbons (Fsp3) is 0.600. The predicted octanol–water partition coefficient (Wildman–Crippen LogP) is 3.66. The third kappa shape index (κ3) is 2.65. The van der Waals surface area contributed by atoms with Gasteiger partial charge in [0.05, 0.1) is 0 Å². The molecule has 0 radical (unpaired) electrons. The van der Waals surface area contributed by atoms with Gasteiger partial charge in [0.1, 0.15) is 0 Å². The molecule has 2 rings (SSSR count). The highest BCUT2D eigenvalue weighted by molar-refractivity contribution is 5.20. The summed E-state index contributed by atoms with van der Waals surface area (Å²) in [5, 5.41) is 0. The van der Waals surface area contributed by atoms with Gasteiger partial charge in [-0.3, -0.25) is 0 Å². The van der Waals surface area contributed by atoms with Crippen LogP contribution >= 0.6 is 0 Å². The lowest BCUT2D eigenvalue weighted by Gasteiger charge is -2.37. The Morgan fingerprint density at radius 2 is 2.00 bits per heavy atom. The summed E-state index contributed by atoms with van der Waals surface area (Å²) >= 11 is 0. The molecule has 1 fully saturated rings.